The number of benzene rings is 3. The van der Waals surface area contributed by atoms with E-state index in [0.717, 1.165) is 21.9 Å². The van der Waals surface area contributed by atoms with Crippen molar-refractivity contribution in [2.24, 2.45) is 0 Å². The molecule has 1 atom stereocenters. The first-order valence-electron chi connectivity index (χ1n) is 9.98. The van der Waals surface area contributed by atoms with Crippen molar-refractivity contribution in [3.05, 3.63) is 83.9 Å². The van der Waals surface area contributed by atoms with Crippen LogP contribution < -0.4 is 5.32 Å². The van der Waals surface area contributed by atoms with Crippen LogP contribution in [0.2, 0.25) is 0 Å². The molecular formula is C25H27NO4. The molecule has 0 saturated carbocycles. The molecule has 3 rings (SSSR count). The summed E-state index contributed by atoms with van der Waals surface area (Å²) in [6, 6.07) is 22.6. The third-order valence-corrected chi connectivity index (χ3v) is 4.45. The van der Waals surface area contributed by atoms with E-state index < -0.39 is 23.7 Å². The molecule has 3 aromatic carbocycles. The summed E-state index contributed by atoms with van der Waals surface area (Å²) in [7, 11) is 0. The SMILES string of the molecule is CC(C)(C)OC(=O)N[C@@H](Cc1ccccc1)C(=O)OCc1ccc2ccccc2c1. The Balaban J connectivity index is 1.68. The van der Waals surface area contributed by atoms with Gasteiger partial charge in [0.1, 0.15) is 18.2 Å². The highest BCUT2D eigenvalue weighted by molar-refractivity contribution is 5.83. The summed E-state index contributed by atoms with van der Waals surface area (Å²) in [4.78, 5) is 25.0. The zero-order valence-corrected chi connectivity index (χ0v) is 17.6. The molecule has 0 heterocycles. The van der Waals surface area contributed by atoms with Crippen LogP contribution in [0.3, 0.4) is 0 Å². The van der Waals surface area contributed by atoms with Crippen molar-refractivity contribution < 1.29 is 19.1 Å². The molecule has 156 valence electrons. The highest BCUT2D eigenvalue weighted by Gasteiger charge is 2.26. The molecule has 0 aliphatic heterocycles. The van der Waals surface area contributed by atoms with Gasteiger partial charge in [-0.3, -0.25) is 0 Å². The van der Waals surface area contributed by atoms with E-state index in [0.29, 0.717) is 6.42 Å². The van der Waals surface area contributed by atoms with Gasteiger partial charge < -0.3 is 14.8 Å². The number of nitrogens with one attached hydrogen (secondary N) is 1. The highest BCUT2D eigenvalue weighted by atomic mass is 16.6. The topological polar surface area (TPSA) is 64.6 Å². The fourth-order valence-corrected chi connectivity index (χ4v) is 3.08. The monoisotopic (exact) mass is 405 g/mol. The molecule has 0 aliphatic carbocycles. The summed E-state index contributed by atoms with van der Waals surface area (Å²) in [5.74, 6) is -0.502. The molecule has 1 N–H and O–H groups in total. The Morgan fingerprint density at radius 1 is 0.867 bits per heavy atom. The maximum atomic E-state index is 12.8. The Labute approximate surface area is 177 Å². The summed E-state index contributed by atoms with van der Waals surface area (Å²) >= 11 is 0. The Kier molecular flexibility index (Phi) is 6.72. The number of esters is 1. The van der Waals surface area contributed by atoms with E-state index in [9.17, 15) is 9.59 Å². The standard InChI is InChI=1S/C25H27NO4/c1-25(2,3)30-24(28)26-22(16-18-9-5-4-6-10-18)23(27)29-17-19-13-14-20-11-7-8-12-21(20)15-19/h4-15,22H,16-17H2,1-3H3,(H,26,28)/t22-/m0/s1. The minimum atomic E-state index is -0.845. The van der Waals surface area contributed by atoms with E-state index in [1.165, 1.54) is 0 Å². The lowest BCUT2D eigenvalue weighted by Gasteiger charge is -2.23. The van der Waals surface area contributed by atoms with E-state index in [-0.39, 0.29) is 6.61 Å². The number of rotatable bonds is 6. The van der Waals surface area contributed by atoms with E-state index in [1.54, 1.807) is 20.8 Å². The van der Waals surface area contributed by atoms with Crippen LogP contribution in [-0.4, -0.2) is 23.7 Å². The molecule has 1 amide bonds. The summed E-state index contributed by atoms with van der Waals surface area (Å²) in [6.45, 7) is 5.45. The van der Waals surface area contributed by atoms with Crippen LogP contribution >= 0.6 is 0 Å². The number of hydrogen-bond acceptors (Lipinski definition) is 4. The van der Waals surface area contributed by atoms with Crippen LogP contribution in [0.4, 0.5) is 4.79 Å². The van der Waals surface area contributed by atoms with Gasteiger partial charge in [-0.15, -0.1) is 0 Å². The van der Waals surface area contributed by atoms with Crippen LogP contribution in [-0.2, 0) is 27.3 Å². The fourth-order valence-electron chi connectivity index (χ4n) is 3.08. The van der Waals surface area contributed by atoms with Gasteiger partial charge in [0.25, 0.3) is 0 Å². The van der Waals surface area contributed by atoms with E-state index >= 15 is 0 Å². The molecule has 0 aliphatic rings. The zero-order chi connectivity index (χ0) is 21.6. The molecule has 0 saturated heterocycles. The van der Waals surface area contributed by atoms with Crippen molar-refractivity contribution in [1.29, 1.82) is 0 Å². The molecule has 0 fully saturated rings. The smallest absolute Gasteiger partial charge is 0.408 e. The number of hydrogen-bond donors (Lipinski definition) is 1. The van der Waals surface area contributed by atoms with Gasteiger partial charge in [0.2, 0.25) is 0 Å². The molecule has 0 spiro atoms. The molecule has 5 nitrogen and oxygen atoms in total. The highest BCUT2D eigenvalue weighted by Crippen LogP contribution is 2.17. The second kappa shape index (κ2) is 9.44. The molecule has 0 radical (unpaired) electrons. The number of carbonyl (C=O) groups is 2. The normalized spacial score (nSPS) is 12.2. The fraction of sp³-hybridized carbons (Fsp3) is 0.280. The number of ether oxygens (including phenoxy) is 2. The largest absolute Gasteiger partial charge is 0.459 e. The maximum absolute atomic E-state index is 12.8. The number of carbonyl (C=O) groups excluding carboxylic acids is 2. The number of alkyl carbamates (subject to hydrolysis) is 1. The Bertz CT molecular complexity index is 1010. The molecule has 0 bridgehead atoms. The first-order valence-corrected chi connectivity index (χ1v) is 9.98. The lowest BCUT2D eigenvalue weighted by atomic mass is 10.1. The first-order chi connectivity index (χ1) is 14.3. The number of fused-ring (bicyclic) bond motifs is 1. The summed E-state index contributed by atoms with van der Waals surface area (Å²) in [5, 5.41) is 4.86. The molecular weight excluding hydrogens is 378 g/mol. The van der Waals surface area contributed by atoms with Crippen LogP contribution in [0.5, 0.6) is 0 Å². The van der Waals surface area contributed by atoms with Crippen molar-refractivity contribution in [3.63, 3.8) is 0 Å². The van der Waals surface area contributed by atoms with Crippen molar-refractivity contribution in [1.82, 2.24) is 5.32 Å². The van der Waals surface area contributed by atoms with E-state index in [4.69, 9.17) is 9.47 Å². The molecule has 5 heteroatoms. The minimum Gasteiger partial charge on any atom is -0.459 e. The van der Waals surface area contributed by atoms with Crippen LogP contribution in [0.1, 0.15) is 31.9 Å². The third kappa shape index (κ3) is 6.34. The summed E-state index contributed by atoms with van der Waals surface area (Å²) in [5.41, 5.74) is 1.15. The van der Waals surface area contributed by atoms with Crippen molar-refractivity contribution in [3.8, 4) is 0 Å². The zero-order valence-electron chi connectivity index (χ0n) is 17.6. The Hall–Kier alpha value is -3.34. The van der Waals surface area contributed by atoms with Gasteiger partial charge in [-0.05, 0) is 48.7 Å². The second-order valence-electron chi connectivity index (χ2n) is 8.18. The van der Waals surface area contributed by atoms with Crippen LogP contribution in [0.25, 0.3) is 10.8 Å². The molecule has 30 heavy (non-hydrogen) atoms. The van der Waals surface area contributed by atoms with Gasteiger partial charge in [-0.2, -0.15) is 0 Å². The third-order valence-electron chi connectivity index (χ3n) is 4.45. The van der Waals surface area contributed by atoms with E-state index in [1.807, 2.05) is 72.8 Å². The van der Waals surface area contributed by atoms with Gasteiger partial charge in [-0.25, -0.2) is 9.59 Å². The van der Waals surface area contributed by atoms with Gasteiger partial charge in [0.05, 0.1) is 0 Å². The van der Waals surface area contributed by atoms with Crippen molar-refractivity contribution in [2.75, 3.05) is 0 Å². The molecule has 0 aromatic heterocycles. The first kappa shape index (κ1) is 21.4. The average molecular weight is 405 g/mol. The lowest BCUT2D eigenvalue weighted by Crippen LogP contribution is -2.45. The molecule has 0 unspecified atom stereocenters. The van der Waals surface area contributed by atoms with Crippen LogP contribution in [0.15, 0.2) is 72.8 Å². The van der Waals surface area contributed by atoms with Crippen molar-refractivity contribution in [2.45, 2.75) is 45.4 Å². The van der Waals surface area contributed by atoms with Crippen molar-refractivity contribution >= 4 is 22.8 Å². The van der Waals surface area contributed by atoms with Gasteiger partial charge >= 0.3 is 12.1 Å². The quantitative estimate of drug-likeness (QED) is 0.585. The van der Waals surface area contributed by atoms with E-state index in [2.05, 4.69) is 5.32 Å². The Morgan fingerprint density at radius 3 is 2.23 bits per heavy atom. The Morgan fingerprint density at radius 2 is 1.53 bits per heavy atom. The predicted molar refractivity (Wildman–Crippen MR) is 117 cm³/mol. The predicted octanol–water partition coefficient (Wildman–Crippen LogP) is 5.02. The van der Waals surface area contributed by atoms with Gasteiger partial charge in [0.15, 0.2) is 0 Å². The minimum absolute atomic E-state index is 0.130. The average Bonchev–Trinajstić information content (AvgIpc) is 2.71. The van der Waals surface area contributed by atoms with Gasteiger partial charge in [-0.1, -0.05) is 66.7 Å². The van der Waals surface area contributed by atoms with Crippen LogP contribution in [0, 0.1) is 0 Å². The lowest BCUT2D eigenvalue weighted by molar-refractivity contribution is -0.147. The second-order valence-corrected chi connectivity index (χ2v) is 8.18. The van der Waals surface area contributed by atoms with Gasteiger partial charge in [0, 0.05) is 6.42 Å². The molecule has 3 aromatic rings. The summed E-state index contributed by atoms with van der Waals surface area (Å²) in [6.07, 6.45) is -0.331. The maximum Gasteiger partial charge on any atom is 0.408 e. The number of amides is 1. The summed E-state index contributed by atoms with van der Waals surface area (Å²) < 4.78 is 10.8.